The van der Waals surface area contributed by atoms with Gasteiger partial charge in [-0.2, -0.15) is 0 Å². The average molecular weight is 289 g/mol. The zero-order chi connectivity index (χ0) is 15.1. The summed E-state index contributed by atoms with van der Waals surface area (Å²) in [6.07, 6.45) is 5.29. The van der Waals surface area contributed by atoms with Gasteiger partial charge in [0.25, 0.3) is 5.91 Å². The largest absolute Gasteiger partial charge is 0.365 e. The molecule has 0 spiro atoms. The van der Waals surface area contributed by atoms with Crippen LogP contribution in [0.4, 0.5) is 0 Å². The van der Waals surface area contributed by atoms with Crippen molar-refractivity contribution in [3.05, 3.63) is 60.6 Å². The van der Waals surface area contributed by atoms with Crippen molar-refractivity contribution in [1.29, 1.82) is 0 Å². The van der Waals surface area contributed by atoms with Crippen molar-refractivity contribution in [2.45, 2.75) is 0 Å². The van der Waals surface area contributed by atoms with Crippen LogP contribution in [0.2, 0.25) is 0 Å². The third kappa shape index (κ3) is 1.89. The normalized spacial score (nSPS) is 11.1. The van der Waals surface area contributed by atoms with E-state index in [4.69, 9.17) is 5.73 Å². The molecule has 4 aromatic rings. The topological polar surface area (TPSA) is 86.2 Å². The van der Waals surface area contributed by atoms with E-state index in [1.807, 2.05) is 30.5 Å². The van der Waals surface area contributed by atoms with Gasteiger partial charge in [0.1, 0.15) is 17.0 Å². The van der Waals surface area contributed by atoms with Gasteiger partial charge >= 0.3 is 0 Å². The fraction of sp³-hybridized carbons (Fsp3) is 0. The number of fused-ring (bicyclic) bond motifs is 2. The second-order valence-electron chi connectivity index (χ2n) is 4.89. The van der Waals surface area contributed by atoms with Crippen molar-refractivity contribution in [2.24, 2.45) is 5.73 Å². The minimum Gasteiger partial charge on any atom is -0.365 e. The zero-order valence-corrected chi connectivity index (χ0v) is 11.5. The number of rotatable bonds is 2. The number of hydrogen-bond donors (Lipinski definition) is 1. The minimum atomic E-state index is -0.507. The molecule has 22 heavy (non-hydrogen) atoms. The van der Waals surface area contributed by atoms with Gasteiger partial charge in [-0.05, 0) is 24.3 Å². The monoisotopic (exact) mass is 289 g/mol. The first-order chi connectivity index (χ1) is 10.7. The molecule has 2 N–H and O–H groups in total. The molecule has 0 fully saturated rings. The molecule has 106 valence electrons. The van der Waals surface area contributed by atoms with Crippen LogP contribution in [0.3, 0.4) is 0 Å². The van der Waals surface area contributed by atoms with Gasteiger partial charge in [0, 0.05) is 12.4 Å². The predicted molar refractivity (Wildman–Crippen MR) is 82.2 cm³/mol. The van der Waals surface area contributed by atoms with Crippen molar-refractivity contribution in [3.8, 4) is 11.4 Å². The second-order valence-corrected chi connectivity index (χ2v) is 4.89. The van der Waals surface area contributed by atoms with Gasteiger partial charge < -0.3 is 10.1 Å². The van der Waals surface area contributed by atoms with Crippen LogP contribution < -0.4 is 5.73 Å². The number of carbonyl (C=O) groups is 1. The molecule has 0 bridgehead atoms. The summed E-state index contributed by atoms with van der Waals surface area (Å²) in [5.41, 5.74) is 9.19. The van der Waals surface area contributed by atoms with Gasteiger partial charge in [0.05, 0.1) is 22.8 Å². The maximum atomic E-state index is 11.5. The number of pyridine rings is 1. The maximum Gasteiger partial charge on any atom is 0.252 e. The highest BCUT2D eigenvalue weighted by atomic mass is 16.1. The first kappa shape index (κ1) is 12.5. The van der Waals surface area contributed by atoms with Crippen LogP contribution in [0.25, 0.3) is 28.1 Å². The van der Waals surface area contributed by atoms with E-state index >= 15 is 0 Å². The molecular weight excluding hydrogens is 278 g/mol. The molecule has 0 aliphatic heterocycles. The molecule has 4 rings (SSSR count). The van der Waals surface area contributed by atoms with Crippen molar-refractivity contribution in [2.75, 3.05) is 0 Å². The summed E-state index contributed by atoms with van der Waals surface area (Å²) in [6.45, 7) is 0. The van der Waals surface area contributed by atoms with E-state index in [1.54, 1.807) is 28.9 Å². The summed E-state index contributed by atoms with van der Waals surface area (Å²) in [5, 5.41) is 0. The summed E-state index contributed by atoms with van der Waals surface area (Å²) in [6, 6.07) is 11.0. The number of hydrogen-bond acceptors (Lipinski definition) is 4. The molecule has 0 aliphatic carbocycles. The molecule has 0 atom stereocenters. The number of carbonyl (C=O) groups excluding carboxylic acids is 1. The lowest BCUT2D eigenvalue weighted by Gasteiger charge is -1.98. The fourth-order valence-corrected chi connectivity index (χ4v) is 2.41. The molecule has 0 radical (unpaired) electrons. The van der Waals surface area contributed by atoms with Gasteiger partial charge in [0.15, 0.2) is 0 Å². The number of aromatic nitrogens is 4. The number of imidazole rings is 1. The Morgan fingerprint density at radius 1 is 1.00 bits per heavy atom. The van der Waals surface area contributed by atoms with Crippen LogP contribution in [-0.2, 0) is 0 Å². The van der Waals surface area contributed by atoms with E-state index in [-0.39, 0.29) is 0 Å². The Morgan fingerprint density at radius 3 is 2.64 bits per heavy atom. The lowest BCUT2D eigenvalue weighted by molar-refractivity contribution is 0.100. The van der Waals surface area contributed by atoms with Gasteiger partial charge in [-0.1, -0.05) is 12.1 Å². The highest BCUT2D eigenvalue weighted by Crippen LogP contribution is 2.20. The molecule has 3 aromatic heterocycles. The van der Waals surface area contributed by atoms with Crippen molar-refractivity contribution >= 4 is 22.6 Å². The Kier molecular flexibility index (Phi) is 2.62. The molecule has 0 saturated carbocycles. The maximum absolute atomic E-state index is 11.5. The third-order valence-electron chi connectivity index (χ3n) is 3.46. The van der Waals surface area contributed by atoms with E-state index < -0.39 is 5.91 Å². The fourth-order valence-electron chi connectivity index (χ4n) is 2.41. The minimum absolute atomic E-state index is 0.377. The number of para-hydroxylation sites is 2. The van der Waals surface area contributed by atoms with Crippen LogP contribution >= 0.6 is 0 Å². The van der Waals surface area contributed by atoms with Crippen LogP contribution in [0.15, 0.2) is 55.0 Å². The first-order valence-corrected chi connectivity index (χ1v) is 6.72. The molecule has 6 heteroatoms. The van der Waals surface area contributed by atoms with E-state index in [0.29, 0.717) is 22.6 Å². The SMILES string of the molecule is NC(=O)c1cccn2cc(-c3cnc4ccccc4n3)nc12. The lowest BCUT2D eigenvalue weighted by atomic mass is 10.2. The number of nitrogens with zero attached hydrogens (tertiary/aromatic N) is 4. The molecule has 1 aromatic carbocycles. The van der Waals surface area contributed by atoms with Gasteiger partial charge in [-0.3, -0.25) is 9.78 Å². The van der Waals surface area contributed by atoms with Crippen LogP contribution in [0, 0.1) is 0 Å². The first-order valence-electron chi connectivity index (χ1n) is 6.72. The van der Waals surface area contributed by atoms with Crippen molar-refractivity contribution in [1.82, 2.24) is 19.4 Å². The summed E-state index contributed by atoms with van der Waals surface area (Å²) < 4.78 is 1.76. The Hall–Kier alpha value is -3.28. The van der Waals surface area contributed by atoms with Crippen LogP contribution in [0.1, 0.15) is 10.4 Å². The smallest absolute Gasteiger partial charge is 0.252 e. The third-order valence-corrected chi connectivity index (χ3v) is 3.46. The average Bonchev–Trinajstić information content (AvgIpc) is 2.98. The van der Waals surface area contributed by atoms with E-state index in [0.717, 1.165) is 11.0 Å². The molecule has 6 nitrogen and oxygen atoms in total. The number of benzene rings is 1. The summed E-state index contributed by atoms with van der Waals surface area (Å²) >= 11 is 0. The van der Waals surface area contributed by atoms with Gasteiger partial charge in [-0.25, -0.2) is 9.97 Å². The quantitative estimate of drug-likeness (QED) is 0.612. The lowest BCUT2D eigenvalue weighted by Crippen LogP contribution is -2.12. The van der Waals surface area contributed by atoms with Gasteiger partial charge in [0.2, 0.25) is 0 Å². The van der Waals surface area contributed by atoms with E-state index in [9.17, 15) is 4.79 Å². The van der Waals surface area contributed by atoms with Crippen molar-refractivity contribution < 1.29 is 4.79 Å². The van der Waals surface area contributed by atoms with E-state index in [1.165, 1.54) is 0 Å². The zero-order valence-electron chi connectivity index (χ0n) is 11.5. The number of primary amides is 1. The number of amides is 1. The van der Waals surface area contributed by atoms with Gasteiger partial charge in [-0.15, -0.1) is 0 Å². The molecule has 1 amide bonds. The van der Waals surface area contributed by atoms with Crippen LogP contribution in [-0.4, -0.2) is 25.3 Å². The Bertz CT molecular complexity index is 1020. The molecule has 3 heterocycles. The standard InChI is InChI=1S/C16H11N5O/c17-15(22)10-4-3-7-21-9-14(20-16(10)21)13-8-18-11-5-1-2-6-12(11)19-13/h1-9H,(H2,17,22). The van der Waals surface area contributed by atoms with Crippen LogP contribution in [0.5, 0.6) is 0 Å². The Labute approximate surface area is 125 Å². The summed E-state index contributed by atoms with van der Waals surface area (Å²) in [4.78, 5) is 24.9. The second kappa shape index (κ2) is 4.63. The summed E-state index contributed by atoms with van der Waals surface area (Å²) in [7, 11) is 0. The summed E-state index contributed by atoms with van der Waals surface area (Å²) in [5.74, 6) is -0.507. The molecular formula is C16H11N5O. The highest BCUT2D eigenvalue weighted by Gasteiger charge is 2.12. The molecule has 0 aliphatic rings. The predicted octanol–water partition coefficient (Wildman–Crippen LogP) is 2.04. The number of nitrogens with two attached hydrogens (primary N) is 1. The molecule has 0 saturated heterocycles. The Balaban J connectivity index is 1.92. The molecule has 0 unspecified atom stereocenters. The highest BCUT2D eigenvalue weighted by molar-refractivity contribution is 5.98. The Morgan fingerprint density at radius 2 is 1.82 bits per heavy atom. The van der Waals surface area contributed by atoms with E-state index in [2.05, 4.69) is 15.0 Å². The van der Waals surface area contributed by atoms with Crippen molar-refractivity contribution in [3.63, 3.8) is 0 Å².